The minimum atomic E-state index is 0.632. The molecule has 2 rings (SSSR count). The molecule has 2 aromatic rings. The van der Waals surface area contributed by atoms with E-state index < -0.39 is 0 Å². The van der Waals surface area contributed by atoms with Crippen LogP contribution in [-0.2, 0) is 13.0 Å². The molecular weight excluding hydrogens is 266 g/mol. The van der Waals surface area contributed by atoms with Gasteiger partial charge in [0.15, 0.2) is 0 Å². The Morgan fingerprint density at radius 3 is 2.88 bits per heavy atom. The standard InChI is InChI=1S/C12H14BrN3/c13-11-4-2-1-3-10(11)9-16-8-7-15-12(16)5-6-14/h1-4,7-8H,5-6,9,14H2. The first-order valence-corrected chi connectivity index (χ1v) is 6.04. The van der Waals surface area contributed by atoms with E-state index in [1.807, 2.05) is 24.5 Å². The van der Waals surface area contributed by atoms with Crippen molar-refractivity contribution in [3.05, 3.63) is 52.5 Å². The van der Waals surface area contributed by atoms with Crippen LogP contribution in [0.15, 0.2) is 41.1 Å². The summed E-state index contributed by atoms with van der Waals surface area (Å²) in [7, 11) is 0. The molecule has 0 aliphatic heterocycles. The average molecular weight is 280 g/mol. The minimum absolute atomic E-state index is 0.632. The highest BCUT2D eigenvalue weighted by Gasteiger charge is 2.04. The Bertz CT molecular complexity index is 465. The van der Waals surface area contributed by atoms with E-state index in [1.54, 1.807) is 0 Å². The van der Waals surface area contributed by atoms with Gasteiger partial charge in [0.1, 0.15) is 5.82 Å². The lowest BCUT2D eigenvalue weighted by atomic mass is 10.2. The lowest BCUT2D eigenvalue weighted by Crippen LogP contribution is -2.10. The van der Waals surface area contributed by atoms with E-state index in [9.17, 15) is 0 Å². The van der Waals surface area contributed by atoms with Crippen molar-refractivity contribution in [3.63, 3.8) is 0 Å². The van der Waals surface area contributed by atoms with E-state index >= 15 is 0 Å². The molecule has 0 amide bonds. The molecule has 1 aromatic carbocycles. The van der Waals surface area contributed by atoms with Crippen molar-refractivity contribution in [3.8, 4) is 0 Å². The molecule has 16 heavy (non-hydrogen) atoms. The fourth-order valence-corrected chi connectivity index (χ4v) is 2.06. The molecule has 4 heteroatoms. The predicted octanol–water partition coefficient (Wildman–Crippen LogP) is 2.20. The summed E-state index contributed by atoms with van der Waals surface area (Å²) < 4.78 is 3.26. The Morgan fingerprint density at radius 2 is 2.12 bits per heavy atom. The van der Waals surface area contributed by atoms with E-state index in [1.165, 1.54) is 5.56 Å². The number of aromatic nitrogens is 2. The zero-order valence-electron chi connectivity index (χ0n) is 8.94. The van der Waals surface area contributed by atoms with Gasteiger partial charge in [-0.3, -0.25) is 0 Å². The van der Waals surface area contributed by atoms with Crippen LogP contribution >= 0.6 is 15.9 Å². The van der Waals surface area contributed by atoms with Gasteiger partial charge < -0.3 is 10.3 Å². The molecule has 3 nitrogen and oxygen atoms in total. The number of hydrogen-bond donors (Lipinski definition) is 1. The van der Waals surface area contributed by atoms with Crippen LogP contribution in [-0.4, -0.2) is 16.1 Å². The summed E-state index contributed by atoms with van der Waals surface area (Å²) in [4.78, 5) is 4.30. The quantitative estimate of drug-likeness (QED) is 0.933. The van der Waals surface area contributed by atoms with Crippen LogP contribution in [0.3, 0.4) is 0 Å². The SMILES string of the molecule is NCCc1nccn1Cc1ccccc1Br. The Labute approximate surface area is 103 Å². The third-order valence-corrected chi connectivity index (χ3v) is 3.24. The predicted molar refractivity (Wildman–Crippen MR) is 68.2 cm³/mol. The fraction of sp³-hybridized carbons (Fsp3) is 0.250. The van der Waals surface area contributed by atoms with Crippen LogP contribution in [0.5, 0.6) is 0 Å². The minimum Gasteiger partial charge on any atom is -0.330 e. The molecule has 0 aliphatic rings. The second-order valence-corrected chi connectivity index (χ2v) is 4.46. The van der Waals surface area contributed by atoms with Gasteiger partial charge in [-0.15, -0.1) is 0 Å². The van der Waals surface area contributed by atoms with E-state index in [0.717, 1.165) is 23.3 Å². The van der Waals surface area contributed by atoms with Crippen molar-refractivity contribution in [2.45, 2.75) is 13.0 Å². The zero-order chi connectivity index (χ0) is 11.4. The molecule has 1 aromatic heterocycles. The molecule has 1 heterocycles. The molecule has 84 valence electrons. The smallest absolute Gasteiger partial charge is 0.110 e. The highest BCUT2D eigenvalue weighted by atomic mass is 79.9. The summed E-state index contributed by atoms with van der Waals surface area (Å²) in [5.74, 6) is 1.04. The molecule has 0 fully saturated rings. The Hall–Kier alpha value is -1.13. The van der Waals surface area contributed by atoms with Crippen molar-refractivity contribution in [2.24, 2.45) is 5.73 Å². The molecule has 0 atom stereocenters. The van der Waals surface area contributed by atoms with Gasteiger partial charge in [-0.1, -0.05) is 34.1 Å². The first-order chi connectivity index (χ1) is 7.81. The third-order valence-electron chi connectivity index (χ3n) is 2.47. The van der Waals surface area contributed by atoms with E-state index in [0.29, 0.717) is 6.54 Å². The van der Waals surface area contributed by atoms with Crippen LogP contribution in [0, 0.1) is 0 Å². The van der Waals surface area contributed by atoms with Crippen LogP contribution in [0.25, 0.3) is 0 Å². The molecule has 0 radical (unpaired) electrons. The summed E-state index contributed by atoms with van der Waals surface area (Å²) in [6.45, 7) is 1.46. The summed E-state index contributed by atoms with van der Waals surface area (Å²) in [5, 5.41) is 0. The van der Waals surface area contributed by atoms with Crippen LogP contribution < -0.4 is 5.73 Å². The second kappa shape index (κ2) is 5.27. The maximum atomic E-state index is 5.55. The van der Waals surface area contributed by atoms with Crippen LogP contribution in [0.1, 0.15) is 11.4 Å². The van der Waals surface area contributed by atoms with E-state index in [2.05, 4.69) is 37.6 Å². The van der Waals surface area contributed by atoms with E-state index in [4.69, 9.17) is 5.73 Å². The molecule has 0 unspecified atom stereocenters. The highest BCUT2D eigenvalue weighted by Crippen LogP contribution is 2.17. The monoisotopic (exact) mass is 279 g/mol. The lowest BCUT2D eigenvalue weighted by Gasteiger charge is -2.08. The van der Waals surface area contributed by atoms with Crippen molar-refractivity contribution in [1.29, 1.82) is 0 Å². The second-order valence-electron chi connectivity index (χ2n) is 3.60. The molecule has 2 N–H and O–H groups in total. The largest absolute Gasteiger partial charge is 0.330 e. The molecule has 0 saturated heterocycles. The molecule has 0 saturated carbocycles. The number of imidazole rings is 1. The maximum Gasteiger partial charge on any atom is 0.110 e. The van der Waals surface area contributed by atoms with Gasteiger partial charge in [-0.2, -0.15) is 0 Å². The Kier molecular flexibility index (Phi) is 3.74. The molecule has 0 spiro atoms. The van der Waals surface area contributed by atoms with Crippen molar-refractivity contribution >= 4 is 15.9 Å². The summed E-state index contributed by atoms with van der Waals surface area (Å²) in [6, 6.07) is 8.22. The first kappa shape index (κ1) is 11.4. The van der Waals surface area contributed by atoms with Crippen molar-refractivity contribution in [2.75, 3.05) is 6.54 Å². The number of rotatable bonds is 4. The fourth-order valence-electron chi connectivity index (χ4n) is 1.65. The number of benzene rings is 1. The highest BCUT2D eigenvalue weighted by molar-refractivity contribution is 9.10. The topological polar surface area (TPSA) is 43.8 Å². The Balaban J connectivity index is 2.20. The van der Waals surface area contributed by atoms with Gasteiger partial charge in [-0.25, -0.2) is 4.98 Å². The molecule has 0 bridgehead atoms. The van der Waals surface area contributed by atoms with Crippen molar-refractivity contribution in [1.82, 2.24) is 9.55 Å². The van der Waals surface area contributed by atoms with Gasteiger partial charge in [0, 0.05) is 29.8 Å². The van der Waals surface area contributed by atoms with Gasteiger partial charge in [0.2, 0.25) is 0 Å². The van der Waals surface area contributed by atoms with Gasteiger partial charge in [0.25, 0.3) is 0 Å². The zero-order valence-corrected chi connectivity index (χ0v) is 10.5. The lowest BCUT2D eigenvalue weighted by molar-refractivity contribution is 0.715. The summed E-state index contributed by atoms with van der Waals surface area (Å²) in [6.07, 6.45) is 4.63. The number of nitrogens with zero attached hydrogens (tertiary/aromatic N) is 2. The number of halogens is 1. The van der Waals surface area contributed by atoms with E-state index in [-0.39, 0.29) is 0 Å². The number of nitrogens with two attached hydrogens (primary N) is 1. The molecule has 0 aliphatic carbocycles. The maximum absolute atomic E-state index is 5.55. The summed E-state index contributed by atoms with van der Waals surface area (Å²) in [5.41, 5.74) is 6.80. The van der Waals surface area contributed by atoms with Crippen LogP contribution in [0.4, 0.5) is 0 Å². The van der Waals surface area contributed by atoms with Crippen LogP contribution in [0.2, 0.25) is 0 Å². The summed E-state index contributed by atoms with van der Waals surface area (Å²) >= 11 is 3.55. The van der Waals surface area contributed by atoms with Crippen molar-refractivity contribution < 1.29 is 0 Å². The number of hydrogen-bond acceptors (Lipinski definition) is 2. The average Bonchev–Trinajstić information content (AvgIpc) is 2.70. The van der Waals surface area contributed by atoms with Gasteiger partial charge in [-0.05, 0) is 18.2 Å². The normalized spacial score (nSPS) is 10.6. The van der Waals surface area contributed by atoms with Gasteiger partial charge >= 0.3 is 0 Å². The first-order valence-electron chi connectivity index (χ1n) is 5.24. The molecular formula is C12H14BrN3. The van der Waals surface area contributed by atoms with Gasteiger partial charge in [0.05, 0.1) is 0 Å². The Morgan fingerprint density at radius 1 is 1.31 bits per heavy atom. The third kappa shape index (κ3) is 2.51.